The average Bonchev–Trinajstić information content (AvgIpc) is 2.69. The van der Waals surface area contributed by atoms with Gasteiger partial charge in [-0.25, -0.2) is 21.1 Å². The predicted octanol–water partition coefficient (Wildman–Crippen LogP) is 1.95. The van der Waals surface area contributed by atoms with Crippen LogP contribution in [-0.2, 0) is 20.0 Å². The summed E-state index contributed by atoms with van der Waals surface area (Å²) in [5, 5.41) is 2.83. The average molecular weight is 452 g/mol. The van der Waals surface area contributed by atoms with E-state index >= 15 is 0 Å². The second-order valence-corrected chi connectivity index (χ2v) is 11.0. The van der Waals surface area contributed by atoms with E-state index in [1.807, 2.05) is 19.1 Å². The zero-order valence-corrected chi connectivity index (χ0v) is 18.5. The Morgan fingerprint density at radius 3 is 2.33 bits per heavy atom. The molecule has 1 unspecified atom stereocenters. The second kappa shape index (κ2) is 8.75. The van der Waals surface area contributed by atoms with Gasteiger partial charge in [0.1, 0.15) is 0 Å². The lowest BCUT2D eigenvalue weighted by Crippen LogP contribution is -2.49. The van der Waals surface area contributed by atoms with Gasteiger partial charge in [0.2, 0.25) is 10.0 Å². The molecule has 1 saturated heterocycles. The molecule has 1 atom stereocenters. The van der Waals surface area contributed by atoms with Crippen molar-refractivity contribution >= 4 is 31.6 Å². The Hall–Kier alpha value is -2.43. The summed E-state index contributed by atoms with van der Waals surface area (Å²) < 4.78 is 52.6. The number of carbonyl (C=O) groups excluding carboxylic acids is 1. The lowest BCUT2D eigenvalue weighted by atomic mass is 10.1. The molecule has 1 aliphatic rings. The molecule has 2 N–H and O–H groups in total. The highest BCUT2D eigenvalue weighted by atomic mass is 32.2. The van der Waals surface area contributed by atoms with E-state index in [1.54, 1.807) is 12.1 Å². The van der Waals surface area contributed by atoms with Crippen molar-refractivity contribution in [2.45, 2.75) is 30.7 Å². The van der Waals surface area contributed by atoms with Crippen LogP contribution >= 0.6 is 0 Å². The summed E-state index contributed by atoms with van der Waals surface area (Å²) in [4.78, 5) is 12.6. The number of nitrogens with zero attached hydrogens (tertiary/aromatic N) is 1. The van der Waals surface area contributed by atoms with E-state index in [0.717, 1.165) is 11.8 Å². The molecule has 1 heterocycles. The van der Waals surface area contributed by atoms with Gasteiger partial charge in [-0.3, -0.25) is 9.52 Å². The molecule has 30 heavy (non-hydrogen) atoms. The third-order valence-electron chi connectivity index (χ3n) is 5.00. The number of anilines is 1. The van der Waals surface area contributed by atoms with Crippen LogP contribution in [-0.4, -0.2) is 52.4 Å². The highest BCUT2D eigenvalue weighted by Gasteiger charge is 2.27. The molecule has 2 aromatic carbocycles. The largest absolute Gasteiger partial charge is 0.348 e. The molecule has 10 heteroatoms. The quantitative estimate of drug-likeness (QED) is 0.697. The number of nitrogens with one attached hydrogen (secondary N) is 2. The molecule has 1 amide bonds. The van der Waals surface area contributed by atoms with Gasteiger partial charge in [-0.2, -0.15) is 0 Å². The Labute approximate surface area is 177 Å². The van der Waals surface area contributed by atoms with E-state index in [-0.39, 0.29) is 23.4 Å². The van der Waals surface area contributed by atoms with Crippen molar-refractivity contribution in [3.8, 4) is 0 Å². The molecule has 0 aliphatic carbocycles. The lowest BCUT2D eigenvalue weighted by molar-refractivity contribution is 0.0921. The van der Waals surface area contributed by atoms with Crippen LogP contribution in [0.5, 0.6) is 0 Å². The van der Waals surface area contributed by atoms with E-state index < -0.39 is 20.0 Å². The summed E-state index contributed by atoms with van der Waals surface area (Å²) in [6, 6.07) is 12.4. The number of carbonyl (C=O) groups is 1. The number of benzene rings is 2. The van der Waals surface area contributed by atoms with Crippen LogP contribution < -0.4 is 10.0 Å². The number of rotatable bonds is 6. The summed E-state index contributed by atoms with van der Waals surface area (Å²) in [6.07, 6.45) is 2.51. The fourth-order valence-corrected chi connectivity index (χ4v) is 5.35. The van der Waals surface area contributed by atoms with Gasteiger partial charge in [0.05, 0.1) is 16.8 Å². The number of piperidine rings is 1. The van der Waals surface area contributed by atoms with Gasteiger partial charge in [-0.15, -0.1) is 0 Å². The van der Waals surface area contributed by atoms with Gasteiger partial charge in [0.15, 0.2) is 0 Å². The zero-order chi connectivity index (χ0) is 21.9. The highest BCUT2D eigenvalue weighted by molar-refractivity contribution is 7.92. The Morgan fingerprint density at radius 2 is 1.70 bits per heavy atom. The minimum absolute atomic E-state index is 0.0446. The number of amides is 1. The first-order valence-corrected chi connectivity index (χ1v) is 12.8. The highest BCUT2D eigenvalue weighted by Crippen LogP contribution is 2.20. The van der Waals surface area contributed by atoms with E-state index in [2.05, 4.69) is 10.0 Å². The van der Waals surface area contributed by atoms with Crippen molar-refractivity contribution in [2.75, 3.05) is 24.1 Å². The Bertz CT molecular complexity index is 1130. The fourth-order valence-electron chi connectivity index (χ4n) is 3.31. The zero-order valence-electron chi connectivity index (χ0n) is 16.8. The Morgan fingerprint density at radius 1 is 1.03 bits per heavy atom. The molecule has 3 rings (SSSR count). The minimum Gasteiger partial charge on any atom is -0.348 e. The molecule has 2 aromatic rings. The van der Waals surface area contributed by atoms with Crippen molar-refractivity contribution in [2.24, 2.45) is 0 Å². The molecule has 1 aliphatic heterocycles. The molecular weight excluding hydrogens is 426 g/mol. The molecule has 162 valence electrons. The van der Waals surface area contributed by atoms with Gasteiger partial charge in [-0.05, 0) is 55.7 Å². The number of hydrogen-bond acceptors (Lipinski definition) is 5. The van der Waals surface area contributed by atoms with Crippen molar-refractivity contribution < 1.29 is 21.6 Å². The molecule has 0 radical (unpaired) electrons. The molecule has 0 aromatic heterocycles. The van der Waals surface area contributed by atoms with E-state index in [9.17, 15) is 21.6 Å². The lowest BCUT2D eigenvalue weighted by Gasteiger charge is -2.31. The molecule has 0 spiro atoms. The fraction of sp³-hybridized carbons (Fsp3) is 0.350. The van der Waals surface area contributed by atoms with Crippen molar-refractivity contribution in [1.29, 1.82) is 0 Å². The van der Waals surface area contributed by atoms with Crippen LogP contribution in [0, 0.1) is 6.92 Å². The standard InChI is InChI=1S/C20H25N3O5S2/c1-15-6-3-4-8-19(15)22-30(27,28)18-11-9-16(10-12-18)20(24)21-17-7-5-13-23(14-17)29(2,25)26/h3-4,6,8-12,17,22H,5,7,13-14H2,1-2H3,(H,21,24). The summed E-state index contributed by atoms with van der Waals surface area (Å²) >= 11 is 0. The van der Waals surface area contributed by atoms with Gasteiger partial charge in [0, 0.05) is 24.7 Å². The Kier molecular flexibility index (Phi) is 6.49. The number of para-hydroxylation sites is 1. The van der Waals surface area contributed by atoms with Crippen LogP contribution in [0.2, 0.25) is 0 Å². The predicted molar refractivity (Wildman–Crippen MR) is 115 cm³/mol. The Balaban J connectivity index is 1.67. The molecule has 0 bridgehead atoms. The first-order chi connectivity index (χ1) is 14.1. The third kappa shape index (κ3) is 5.38. The maximum atomic E-state index is 12.6. The first-order valence-electron chi connectivity index (χ1n) is 9.51. The van der Waals surface area contributed by atoms with Crippen LogP contribution in [0.25, 0.3) is 0 Å². The number of hydrogen-bond donors (Lipinski definition) is 2. The summed E-state index contributed by atoms with van der Waals surface area (Å²) in [5.74, 6) is -0.369. The molecule has 1 fully saturated rings. The maximum Gasteiger partial charge on any atom is 0.261 e. The van der Waals surface area contributed by atoms with Gasteiger partial charge >= 0.3 is 0 Å². The van der Waals surface area contributed by atoms with Gasteiger partial charge < -0.3 is 5.32 Å². The van der Waals surface area contributed by atoms with E-state index in [4.69, 9.17) is 0 Å². The SMILES string of the molecule is Cc1ccccc1NS(=O)(=O)c1ccc(C(=O)NC2CCCN(S(C)(=O)=O)C2)cc1. The van der Waals surface area contributed by atoms with Gasteiger partial charge in [0.25, 0.3) is 15.9 Å². The van der Waals surface area contributed by atoms with Crippen molar-refractivity contribution in [3.63, 3.8) is 0 Å². The minimum atomic E-state index is -3.78. The van der Waals surface area contributed by atoms with Crippen LogP contribution in [0.4, 0.5) is 5.69 Å². The van der Waals surface area contributed by atoms with Crippen molar-refractivity contribution in [3.05, 3.63) is 59.7 Å². The van der Waals surface area contributed by atoms with Crippen molar-refractivity contribution in [1.82, 2.24) is 9.62 Å². The normalized spacial score (nSPS) is 18.0. The van der Waals surface area contributed by atoms with E-state index in [1.165, 1.54) is 28.6 Å². The number of sulfonamides is 2. The third-order valence-corrected chi connectivity index (χ3v) is 7.66. The molecule has 0 saturated carbocycles. The monoisotopic (exact) mass is 451 g/mol. The summed E-state index contributed by atoms with van der Waals surface area (Å²) in [5.41, 5.74) is 1.60. The van der Waals surface area contributed by atoms with Crippen LogP contribution in [0.1, 0.15) is 28.8 Å². The summed E-state index contributed by atoms with van der Waals surface area (Å²) in [6.45, 7) is 2.49. The van der Waals surface area contributed by atoms with Crippen LogP contribution in [0.3, 0.4) is 0 Å². The molecule has 8 nitrogen and oxygen atoms in total. The number of aryl methyl sites for hydroxylation is 1. The second-order valence-electron chi connectivity index (χ2n) is 7.38. The van der Waals surface area contributed by atoms with Crippen LogP contribution in [0.15, 0.2) is 53.4 Å². The van der Waals surface area contributed by atoms with Gasteiger partial charge in [-0.1, -0.05) is 18.2 Å². The topological polar surface area (TPSA) is 113 Å². The maximum absolute atomic E-state index is 12.6. The first kappa shape index (κ1) is 22.3. The summed E-state index contributed by atoms with van der Waals surface area (Å²) in [7, 11) is -7.09. The molecular formula is C20H25N3O5S2. The smallest absolute Gasteiger partial charge is 0.261 e. The van der Waals surface area contributed by atoms with E-state index in [0.29, 0.717) is 30.6 Å².